The lowest BCUT2D eigenvalue weighted by molar-refractivity contribution is -0.147. The molecular formula is C8H10F4O4. The molecule has 0 saturated carbocycles. The summed E-state index contributed by atoms with van der Waals surface area (Å²) in [6.07, 6.45) is -13.5. The molecule has 0 aromatic heterocycles. The number of aliphatic carboxylic acids is 2. The van der Waals surface area contributed by atoms with Crippen LogP contribution in [0.4, 0.5) is 17.6 Å². The number of carboxylic acid groups (broad SMARTS) is 2. The van der Waals surface area contributed by atoms with Crippen molar-refractivity contribution in [3.63, 3.8) is 0 Å². The monoisotopic (exact) mass is 246 g/mol. The fraction of sp³-hybridized carbons (Fsp3) is 0.750. The smallest absolute Gasteiger partial charge is 0.341 e. The van der Waals surface area contributed by atoms with Gasteiger partial charge in [0.1, 0.15) is 6.17 Å². The summed E-state index contributed by atoms with van der Waals surface area (Å²) in [5, 5.41) is 16.1. The van der Waals surface area contributed by atoms with Gasteiger partial charge in [0, 0.05) is 6.42 Å². The standard InChI is InChI=1S/C8H10F4O4/c9-3(1-2-4(13)14)5(10)6(11)7(12)8(15)16/h3,5-7H,1-2H2,(H,13,14)(H,15,16). The average Bonchev–Trinajstić information content (AvgIpc) is 2.22. The molecule has 2 N–H and O–H groups in total. The van der Waals surface area contributed by atoms with Gasteiger partial charge in [-0.15, -0.1) is 0 Å². The molecule has 0 aliphatic rings. The van der Waals surface area contributed by atoms with Crippen molar-refractivity contribution in [3.8, 4) is 0 Å². The first-order valence-electron chi connectivity index (χ1n) is 4.28. The fourth-order valence-corrected chi connectivity index (χ4v) is 0.918. The molecule has 4 unspecified atom stereocenters. The molecule has 0 aliphatic carbocycles. The Kier molecular flexibility index (Phi) is 5.76. The van der Waals surface area contributed by atoms with Crippen LogP contribution in [0.5, 0.6) is 0 Å². The highest BCUT2D eigenvalue weighted by Crippen LogP contribution is 2.20. The second kappa shape index (κ2) is 6.29. The van der Waals surface area contributed by atoms with Crippen molar-refractivity contribution < 1.29 is 37.4 Å². The maximum absolute atomic E-state index is 12.8. The molecule has 0 heterocycles. The number of rotatable bonds is 7. The van der Waals surface area contributed by atoms with Crippen molar-refractivity contribution in [3.05, 3.63) is 0 Å². The zero-order chi connectivity index (χ0) is 12.9. The number of halogens is 4. The summed E-state index contributed by atoms with van der Waals surface area (Å²) in [5.41, 5.74) is 0. The molecule has 8 heteroatoms. The van der Waals surface area contributed by atoms with Gasteiger partial charge < -0.3 is 10.2 Å². The molecule has 4 atom stereocenters. The molecule has 0 aliphatic heterocycles. The number of hydrogen-bond donors (Lipinski definition) is 2. The molecule has 0 aromatic carbocycles. The van der Waals surface area contributed by atoms with E-state index in [2.05, 4.69) is 0 Å². The van der Waals surface area contributed by atoms with Gasteiger partial charge in [0.05, 0.1) is 0 Å². The van der Waals surface area contributed by atoms with Crippen LogP contribution in [0.1, 0.15) is 12.8 Å². The van der Waals surface area contributed by atoms with Crippen LogP contribution < -0.4 is 0 Å². The first-order chi connectivity index (χ1) is 7.27. The summed E-state index contributed by atoms with van der Waals surface area (Å²) in [4.78, 5) is 19.9. The second-order valence-electron chi connectivity index (χ2n) is 3.08. The first kappa shape index (κ1) is 14.7. The van der Waals surface area contributed by atoms with Crippen molar-refractivity contribution in [1.82, 2.24) is 0 Å². The minimum Gasteiger partial charge on any atom is -0.481 e. The Morgan fingerprint density at radius 2 is 1.50 bits per heavy atom. The number of alkyl halides is 4. The van der Waals surface area contributed by atoms with Gasteiger partial charge in [0.15, 0.2) is 12.3 Å². The molecule has 4 nitrogen and oxygen atoms in total. The van der Waals surface area contributed by atoms with E-state index in [0.717, 1.165) is 0 Å². The highest BCUT2D eigenvalue weighted by molar-refractivity contribution is 5.73. The minimum atomic E-state index is -3.17. The number of carboxylic acids is 2. The maximum Gasteiger partial charge on any atom is 0.341 e. The molecule has 0 rings (SSSR count). The highest BCUT2D eigenvalue weighted by Gasteiger charge is 2.39. The maximum atomic E-state index is 12.8. The molecule has 0 aromatic rings. The van der Waals surface area contributed by atoms with Crippen molar-refractivity contribution in [2.45, 2.75) is 37.5 Å². The predicted molar refractivity (Wildman–Crippen MR) is 44.1 cm³/mol. The average molecular weight is 246 g/mol. The molecule has 0 fully saturated rings. The quantitative estimate of drug-likeness (QED) is 0.664. The summed E-state index contributed by atoms with van der Waals surface area (Å²) < 4.78 is 50.7. The van der Waals surface area contributed by atoms with Crippen molar-refractivity contribution in [2.75, 3.05) is 0 Å². The lowest BCUT2D eigenvalue weighted by Crippen LogP contribution is -2.39. The van der Waals surface area contributed by atoms with Gasteiger partial charge in [-0.2, -0.15) is 0 Å². The van der Waals surface area contributed by atoms with Crippen LogP contribution in [-0.2, 0) is 9.59 Å². The van der Waals surface area contributed by atoms with Crippen LogP contribution in [0, 0.1) is 0 Å². The third kappa shape index (κ3) is 4.45. The van der Waals surface area contributed by atoms with Crippen LogP contribution >= 0.6 is 0 Å². The third-order valence-electron chi connectivity index (χ3n) is 1.80. The molecular weight excluding hydrogens is 236 g/mol. The summed E-state index contributed by atoms with van der Waals surface area (Å²) in [6.45, 7) is 0. The largest absolute Gasteiger partial charge is 0.481 e. The van der Waals surface area contributed by atoms with Crippen LogP contribution in [0.2, 0.25) is 0 Å². The SMILES string of the molecule is O=C(O)CCC(F)C(F)C(F)C(F)C(=O)O. The molecule has 0 spiro atoms. The van der Waals surface area contributed by atoms with E-state index in [9.17, 15) is 27.2 Å². The van der Waals surface area contributed by atoms with E-state index in [-0.39, 0.29) is 0 Å². The Morgan fingerprint density at radius 1 is 1.00 bits per heavy atom. The Balaban J connectivity index is 4.25. The summed E-state index contributed by atoms with van der Waals surface area (Å²) >= 11 is 0. The zero-order valence-corrected chi connectivity index (χ0v) is 7.95. The van der Waals surface area contributed by atoms with Crippen molar-refractivity contribution >= 4 is 11.9 Å². The van der Waals surface area contributed by atoms with Crippen LogP contribution in [0.25, 0.3) is 0 Å². The highest BCUT2D eigenvalue weighted by atomic mass is 19.2. The number of carbonyl (C=O) groups is 2. The van der Waals surface area contributed by atoms with Crippen molar-refractivity contribution in [2.24, 2.45) is 0 Å². The van der Waals surface area contributed by atoms with Gasteiger partial charge in [-0.1, -0.05) is 0 Å². The van der Waals surface area contributed by atoms with E-state index in [1.165, 1.54) is 0 Å². The molecule has 0 bridgehead atoms. The van der Waals surface area contributed by atoms with E-state index >= 15 is 0 Å². The summed E-state index contributed by atoms with van der Waals surface area (Å²) in [5.74, 6) is -3.65. The van der Waals surface area contributed by atoms with Gasteiger partial charge in [0.2, 0.25) is 6.17 Å². The van der Waals surface area contributed by atoms with Gasteiger partial charge in [-0.3, -0.25) is 4.79 Å². The second-order valence-corrected chi connectivity index (χ2v) is 3.08. The lowest BCUT2D eigenvalue weighted by atomic mass is 10.0. The predicted octanol–water partition coefficient (Wildman–Crippen LogP) is 1.29. The Labute approximate surface area is 87.9 Å². The van der Waals surface area contributed by atoms with E-state index in [0.29, 0.717) is 0 Å². The van der Waals surface area contributed by atoms with Gasteiger partial charge in [-0.25, -0.2) is 22.4 Å². The Bertz CT molecular complexity index is 260. The van der Waals surface area contributed by atoms with E-state index in [1.54, 1.807) is 0 Å². The van der Waals surface area contributed by atoms with E-state index in [4.69, 9.17) is 10.2 Å². The summed E-state index contributed by atoms with van der Waals surface area (Å²) in [7, 11) is 0. The van der Waals surface area contributed by atoms with Gasteiger partial charge in [-0.05, 0) is 6.42 Å². The topological polar surface area (TPSA) is 74.6 Å². The van der Waals surface area contributed by atoms with Gasteiger partial charge >= 0.3 is 11.9 Å². The molecule has 94 valence electrons. The molecule has 0 amide bonds. The third-order valence-corrected chi connectivity index (χ3v) is 1.80. The number of hydrogen-bond acceptors (Lipinski definition) is 2. The molecule has 16 heavy (non-hydrogen) atoms. The lowest BCUT2D eigenvalue weighted by Gasteiger charge is -2.17. The van der Waals surface area contributed by atoms with Crippen molar-refractivity contribution in [1.29, 1.82) is 0 Å². The normalized spacial score (nSPS) is 18.5. The minimum absolute atomic E-state index is 0.752. The fourth-order valence-electron chi connectivity index (χ4n) is 0.918. The summed E-state index contributed by atoms with van der Waals surface area (Å²) in [6, 6.07) is 0. The first-order valence-corrected chi connectivity index (χ1v) is 4.28. The zero-order valence-electron chi connectivity index (χ0n) is 7.95. The van der Waals surface area contributed by atoms with Crippen LogP contribution in [-0.4, -0.2) is 46.8 Å². The van der Waals surface area contributed by atoms with Crippen LogP contribution in [0.3, 0.4) is 0 Å². The Hall–Kier alpha value is -1.34. The van der Waals surface area contributed by atoms with Crippen LogP contribution in [0.15, 0.2) is 0 Å². The molecule has 0 saturated heterocycles. The van der Waals surface area contributed by atoms with Gasteiger partial charge in [0.25, 0.3) is 0 Å². The molecule has 0 radical (unpaired) electrons. The van der Waals surface area contributed by atoms with E-state index < -0.39 is 49.5 Å². The Morgan fingerprint density at radius 3 is 1.88 bits per heavy atom. The van der Waals surface area contributed by atoms with E-state index in [1.807, 2.05) is 0 Å².